The van der Waals surface area contributed by atoms with E-state index >= 15 is 0 Å². The standard InChI is InChI=1S/C16H26N2O/c1-14-10-17(2)12-16(13-19)18(11-14)9-8-15-6-4-3-5-7-15/h3-7,14,16,19H,8-13H2,1-2H3. The monoisotopic (exact) mass is 262 g/mol. The predicted octanol–water partition coefficient (Wildman–Crippen LogP) is 1.47. The van der Waals surface area contributed by atoms with Gasteiger partial charge < -0.3 is 10.0 Å². The van der Waals surface area contributed by atoms with Crippen LogP contribution in [0.1, 0.15) is 12.5 Å². The van der Waals surface area contributed by atoms with Crippen LogP contribution in [0.25, 0.3) is 0 Å². The van der Waals surface area contributed by atoms with Crippen molar-refractivity contribution in [2.75, 3.05) is 39.8 Å². The zero-order valence-electron chi connectivity index (χ0n) is 12.1. The lowest BCUT2D eigenvalue weighted by molar-refractivity contribution is 0.115. The minimum atomic E-state index is 0.256. The maximum Gasteiger partial charge on any atom is 0.0599 e. The van der Waals surface area contributed by atoms with Crippen LogP contribution in [0.5, 0.6) is 0 Å². The van der Waals surface area contributed by atoms with Gasteiger partial charge in [-0.25, -0.2) is 0 Å². The zero-order valence-corrected chi connectivity index (χ0v) is 12.1. The van der Waals surface area contributed by atoms with Crippen molar-refractivity contribution in [2.24, 2.45) is 5.92 Å². The molecule has 3 heteroatoms. The van der Waals surface area contributed by atoms with Crippen molar-refractivity contribution in [3.63, 3.8) is 0 Å². The Balaban J connectivity index is 1.95. The van der Waals surface area contributed by atoms with Crippen LogP contribution in [-0.4, -0.2) is 60.8 Å². The van der Waals surface area contributed by atoms with Gasteiger partial charge in [0, 0.05) is 32.2 Å². The molecule has 1 aliphatic rings. The van der Waals surface area contributed by atoms with E-state index in [4.69, 9.17) is 0 Å². The molecule has 0 spiro atoms. The van der Waals surface area contributed by atoms with E-state index in [9.17, 15) is 5.11 Å². The summed E-state index contributed by atoms with van der Waals surface area (Å²) >= 11 is 0. The number of likely N-dealkylation sites (N-methyl/N-ethyl adjacent to an activating group) is 1. The van der Waals surface area contributed by atoms with Crippen molar-refractivity contribution in [1.82, 2.24) is 9.80 Å². The third-order valence-electron chi connectivity index (χ3n) is 3.95. The first-order chi connectivity index (χ1) is 9.19. The molecule has 2 rings (SSSR count). The van der Waals surface area contributed by atoms with Crippen LogP contribution in [0.4, 0.5) is 0 Å². The topological polar surface area (TPSA) is 26.7 Å². The van der Waals surface area contributed by atoms with Gasteiger partial charge in [-0.3, -0.25) is 4.90 Å². The maximum absolute atomic E-state index is 9.62. The predicted molar refractivity (Wildman–Crippen MR) is 79.3 cm³/mol. The van der Waals surface area contributed by atoms with Gasteiger partial charge in [-0.05, 0) is 24.9 Å². The van der Waals surface area contributed by atoms with Crippen LogP contribution in [-0.2, 0) is 6.42 Å². The molecular formula is C16H26N2O. The Hall–Kier alpha value is -0.900. The largest absolute Gasteiger partial charge is 0.395 e. The van der Waals surface area contributed by atoms with E-state index in [0.717, 1.165) is 32.6 Å². The Labute approximate surface area is 116 Å². The zero-order chi connectivity index (χ0) is 13.7. The first-order valence-electron chi connectivity index (χ1n) is 7.26. The smallest absolute Gasteiger partial charge is 0.0599 e. The normalized spacial score (nSPS) is 26.3. The number of hydrogen-bond donors (Lipinski definition) is 1. The average molecular weight is 262 g/mol. The van der Waals surface area contributed by atoms with Crippen LogP contribution in [0.15, 0.2) is 30.3 Å². The molecule has 1 aromatic rings. The van der Waals surface area contributed by atoms with Crippen molar-refractivity contribution in [3.8, 4) is 0 Å². The van der Waals surface area contributed by atoms with Gasteiger partial charge in [-0.1, -0.05) is 37.3 Å². The van der Waals surface area contributed by atoms with E-state index in [2.05, 4.69) is 54.1 Å². The van der Waals surface area contributed by atoms with Gasteiger partial charge in [-0.2, -0.15) is 0 Å². The van der Waals surface area contributed by atoms with Crippen LogP contribution in [0.2, 0.25) is 0 Å². The van der Waals surface area contributed by atoms with E-state index in [1.807, 2.05) is 0 Å². The number of hydrogen-bond acceptors (Lipinski definition) is 3. The number of rotatable bonds is 4. The van der Waals surface area contributed by atoms with Gasteiger partial charge in [0.2, 0.25) is 0 Å². The molecule has 1 saturated heterocycles. The van der Waals surface area contributed by atoms with Gasteiger partial charge in [0.05, 0.1) is 6.61 Å². The molecule has 1 aliphatic heterocycles. The molecule has 1 heterocycles. The summed E-state index contributed by atoms with van der Waals surface area (Å²) in [4.78, 5) is 4.80. The second-order valence-electron chi connectivity index (χ2n) is 5.89. The Bertz CT molecular complexity index is 368. The second kappa shape index (κ2) is 7.04. The minimum absolute atomic E-state index is 0.256. The SMILES string of the molecule is CC1CN(C)CC(CO)N(CCc2ccccc2)C1. The van der Waals surface area contributed by atoms with Gasteiger partial charge in [0.15, 0.2) is 0 Å². The Morgan fingerprint density at radius 2 is 1.89 bits per heavy atom. The summed E-state index contributed by atoms with van der Waals surface area (Å²) in [6.07, 6.45) is 1.06. The van der Waals surface area contributed by atoms with Gasteiger partial charge in [0.1, 0.15) is 0 Å². The van der Waals surface area contributed by atoms with Crippen molar-refractivity contribution < 1.29 is 5.11 Å². The van der Waals surface area contributed by atoms with Crippen molar-refractivity contribution >= 4 is 0 Å². The molecule has 0 bridgehead atoms. The first-order valence-corrected chi connectivity index (χ1v) is 7.26. The third kappa shape index (κ3) is 4.30. The number of aliphatic hydroxyl groups excluding tert-OH is 1. The highest BCUT2D eigenvalue weighted by atomic mass is 16.3. The van der Waals surface area contributed by atoms with Crippen LogP contribution < -0.4 is 0 Å². The summed E-state index contributed by atoms with van der Waals surface area (Å²) in [5, 5.41) is 9.62. The summed E-state index contributed by atoms with van der Waals surface area (Å²) < 4.78 is 0. The molecule has 0 radical (unpaired) electrons. The number of benzene rings is 1. The molecule has 2 atom stereocenters. The van der Waals surface area contributed by atoms with Gasteiger partial charge >= 0.3 is 0 Å². The highest BCUT2D eigenvalue weighted by molar-refractivity contribution is 5.14. The van der Waals surface area contributed by atoms with Crippen molar-refractivity contribution in [1.29, 1.82) is 0 Å². The van der Waals surface area contributed by atoms with Crippen molar-refractivity contribution in [3.05, 3.63) is 35.9 Å². The fourth-order valence-electron chi connectivity index (χ4n) is 3.05. The molecule has 3 nitrogen and oxygen atoms in total. The lowest BCUT2D eigenvalue weighted by Crippen LogP contribution is -2.44. The highest BCUT2D eigenvalue weighted by Crippen LogP contribution is 2.14. The highest BCUT2D eigenvalue weighted by Gasteiger charge is 2.25. The van der Waals surface area contributed by atoms with E-state index in [-0.39, 0.29) is 12.6 Å². The fraction of sp³-hybridized carbons (Fsp3) is 0.625. The van der Waals surface area contributed by atoms with Gasteiger partial charge in [0.25, 0.3) is 0 Å². The molecule has 0 aromatic heterocycles. The number of aliphatic hydroxyl groups is 1. The average Bonchev–Trinajstić information content (AvgIpc) is 2.55. The van der Waals surface area contributed by atoms with Crippen LogP contribution >= 0.6 is 0 Å². The van der Waals surface area contributed by atoms with Crippen molar-refractivity contribution in [2.45, 2.75) is 19.4 Å². The Morgan fingerprint density at radius 1 is 1.16 bits per heavy atom. The Morgan fingerprint density at radius 3 is 2.58 bits per heavy atom. The Kier molecular flexibility index (Phi) is 5.37. The molecular weight excluding hydrogens is 236 g/mol. The summed E-state index contributed by atoms with van der Waals surface area (Å²) in [5.74, 6) is 0.664. The summed E-state index contributed by atoms with van der Waals surface area (Å²) in [6.45, 7) is 6.77. The van der Waals surface area contributed by atoms with E-state index in [0.29, 0.717) is 5.92 Å². The molecule has 0 aliphatic carbocycles. The minimum Gasteiger partial charge on any atom is -0.395 e. The molecule has 0 amide bonds. The summed E-state index contributed by atoms with van der Waals surface area (Å²) in [6, 6.07) is 10.9. The maximum atomic E-state index is 9.62. The molecule has 2 unspecified atom stereocenters. The summed E-state index contributed by atoms with van der Waals surface area (Å²) in [7, 11) is 2.15. The lowest BCUT2D eigenvalue weighted by Gasteiger charge is -2.30. The third-order valence-corrected chi connectivity index (χ3v) is 3.95. The summed E-state index contributed by atoms with van der Waals surface area (Å²) in [5.41, 5.74) is 1.38. The van der Waals surface area contributed by atoms with E-state index in [1.54, 1.807) is 0 Å². The molecule has 106 valence electrons. The van der Waals surface area contributed by atoms with Crippen LogP contribution in [0, 0.1) is 5.92 Å². The van der Waals surface area contributed by atoms with Gasteiger partial charge in [-0.15, -0.1) is 0 Å². The lowest BCUT2D eigenvalue weighted by atomic mass is 10.1. The molecule has 19 heavy (non-hydrogen) atoms. The second-order valence-corrected chi connectivity index (χ2v) is 5.89. The fourth-order valence-corrected chi connectivity index (χ4v) is 3.05. The molecule has 1 N–H and O–H groups in total. The number of nitrogens with zero attached hydrogens (tertiary/aromatic N) is 2. The molecule has 0 saturated carbocycles. The quantitative estimate of drug-likeness (QED) is 0.890. The molecule has 1 aromatic carbocycles. The van der Waals surface area contributed by atoms with E-state index in [1.165, 1.54) is 5.56 Å². The van der Waals surface area contributed by atoms with E-state index < -0.39 is 0 Å². The molecule has 1 fully saturated rings. The van der Waals surface area contributed by atoms with Crippen LogP contribution in [0.3, 0.4) is 0 Å². The first kappa shape index (κ1) is 14.5.